The van der Waals surface area contributed by atoms with E-state index in [4.69, 9.17) is 4.74 Å². The Kier molecular flexibility index (Phi) is 4.37. The van der Waals surface area contributed by atoms with Crippen molar-refractivity contribution in [1.29, 1.82) is 0 Å². The SMILES string of the molecule is Cc1ccc(N2C[C@@H](C(=O)N[C@@H]3CCOc4ccccc43)CC2=O)cc1. The lowest BCUT2D eigenvalue weighted by atomic mass is 9.99. The molecular formula is C21H22N2O3. The molecule has 2 aromatic carbocycles. The molecule has 2 aliphatic rings. The lowest BCUT2D eigenvalue weighted by molar-refractivity contribution is -0.127. The van der Waals surface area contributed by atoms with Crippen molar-refractivity contribution >= 4 is 17.5 Å². The molecule has 5 nitrogen and oxygen atoms in total. The molecule has 1 saturated heterocycles. The van der Waals surface area contributed by atoms with Gasteiger partial charge in [0.1, 0.15) is 5.75 Å². The molecule has 0 spiro atoms. The number of amides is 2. The molecule has 2 aliphatic heterocycles. The fourth-order valence-electron chi connectivity index (χ4n) is 3.64. The number of carbonyl (C=O) groups is 2. The summed E-state index contributed by atoms with van der Waals surface area (Å²) in [5, 5.41) is 3.12. The van der Waals surface area contributed by atoms with E-state index in [1.807, 2.05) is 55.5 Å². The number of hydrogen-bond acceptors (Lipinski definition) is 3. The van der Waals surface area contributed by atoms with Crippen LogP contribution < -0.4 is 15.0 Å². The van der Waals surface area contributed by atoms with Gasteiger partial charge in [-0.2, -0.15) is 0 Å². The summed E-state index contributed by atoms with van der Waals surface area (Å²) in [6, 6.07) is 15.6. The summed E-state index contributed by atoms with van der Waals surface area (Å²) >= 11 is 0. The number of carbonyl (C=O) groups excluding carboxylic acids is 2. The molecule has 2 heterocycles. The second-order valence-corrected chi connectivity index (χ2v) is 6.98. The molecule has 2 amide bonds. The zero-order valence-electron chi connectivity index (χ0n) is 14.8. The highest BCUT2D eigenvalue weighted by Crippen LogP contribution is 2.32. The van der Waals surface area contributed by atoms with Gasteiger partial charge in [0.2, 0.25) is 11.8 Å². The second kappa shape index (κ2) is 6.83. The minimum Gasteiger partial charge on any atom is -0.493 e. The number of rotatable bonds is 3. The molecule has 2 atom stereocenters. The summed E-state index contributed by atoms with van der Waals surface area (Å²) in [7, 11) is 0. The molecule has 5 heteroatoms. The average molecular weight is 350 g/mol. The van der Waals surface area contributed by atoms with Crippen LogP contribution in [0.15, 0.2) is 48.5 Å². The van der Waals surface area contributed by atoms with Crippen molar-refractivity contribution in [2.75, 3.05) is 18.1 Å². The number of hydrogen-bond donors (Lipinski definition) is 1. The van der Waals surface area contributed by atoms with Gasteiger partial charge in [0.15, 0.2) is 0 Å². The lowest BCUT2D eigenvalue weighted by Crippen LogP contribution is -2.37. The minimum atomic E-state index is -0.321. The van der Waals surface area contributed by atoms with Crippen molar-refractivity contribution < 1.29 is 14.3 Å². The maximum atomic E-state index is 12.8. The Labute approximate surface area is 153 Å². The van der Waals surface area contributed by atoms with Crippen LogP contribution >= 0.6 is 0 Å². The first-order chi connectivity index (χ1) is 12.6. The third kappa shape index (κ3) is 3.17. The number of fused-ring (bicyclic) bond motifs is 1. The maximum Gasteiger partial charge on any atom is 0.227 e. The van der Waals surface area contributed by atoms with Gasteiger partial charge in [-0.05, 0) is 25.1 Å². The van der Waals surface area contributed by atoms with Gasteiger partial charge in [0.25, 0.3) is 0 Å². The number of benzene rings is 2. The zero-order chi connectivity index (χ0) is 18.1. The molecule has 0 radical (unpaired) electrons. The van der Waals surface area contributed by atoms with Crippen molar-refractivity contribution in [2.24, 2.45) is 5.92 Å². The van der Waals surface area contributed by atoms with Crippen LogP contribution in [0, 0.1) is 12.8 Å². The summed E-state index contributed by atoms with van der Waals surface area (Å²) in [5.74, 6) is 0.447. The van der Waals surface area contributed by atoms with E-state index in [0.717, 1.165) is 29.0 Å². The minimum absolute atomic E-state index is 0.00128. The molecule has 0 unspecified atom stereocenters. The smallest absolute Gasteiger partial charge is 0.227 e. The number of para-hydroxylation sites is 1. The predicted octanol–water partition coefficient (Wildman–Crippen LogP) is 2.99. The number of aryl methyl sites for hydroxylation is 1. The molecule has 0 saturated carbocycles. The van der Waals surface area contributed by atoms with Crippen LogP contribution in [0.1, 0.15) is 30.0 Å². The van der Waals surface area contributed by atoms with E-state index < -0.39 is 0 Å². The highest BCUT2D eigenvalue weighted by Gasteiger charge is 2.36. The molecule has 0 aliphatic carbocycles. The molecule has 134 valence electrons. The Morgan fingerprint density at radius 1 is 1.15 bits per heavy atom. The van der Waals surface area contributed by atoms with Gasteiger partial charge >= 0.3 is 0 Å². The van der Waals surface area contributed by atoms with E-state index in [1.165, 1.54) is 0 Å². The van der Waals surface area contributed by atoms with Crippen molar-refractivity contribution in [1.82, 2.24) is 5.32 Å². The molecular weight excluding hydrogens is 328 g/mol. The Morgan fingerprint density at radius 2 is 1.92 bits per heavy atom. The molecule has 1 fully saturated rings. The second-order valence-electron chi connectivity index (χ2n) is 6.98. The fraction of sp³-hybridized carbons (Fsp3) is 0.333. The molecule has 26 heavy (non-hydrogen) atoms. The lowest BCUT2D eigenvalue weighted by Gasteiger charge is -2.27. The number of nitrogens with one attached hydrogen (secondary N) is 1. The third-order valence-corrected chi connectivity index (χ3v) is 5.12. The van der Waals surface area contributed by atoms with Crippen molar-refractivity contribution in [3.8, 4) is 5.75 Å². The van der Waals surface area contributed by atoms with Crippen LogP contribution in [0.3, 0.4) is 0 Å². The molecule has 2 aromatic rings. The van der Waals surface area contributed by atoms with Gasteiger partial charge in [0, 0.05) is 30.6 Å². The van der Waals surface area contributed by atoms with Crippen LogP contribution in [0.25, 0.3) is 0 Å². The van der Waals surface area contributed by atoms with Crippen molar-refractivity contribution in [3.63, 3.8) is 0 Å². The van der Waals surface area contributed by atoms with Gasteiger partial charge in [0.05, 0.1) is 18.6 Å². The molecule has 0 aromatic heterocycles. The quantitative estimate of drug-likeness (QED) is 0.926. The van der Waals surface area contributed by atoms with Gasteiger partial charge in [-0.1, -0.05) is 35.9 Å². The first-order valence-corrected chi connectivity index (χ1v) is 9.01. The largest absolute Gasteiger partial charge is 0.493 e. The Bertz CT molecular complexity index is 831. The number of anilines is 1. The monoisotopic (exact) mass is 350 g/mol. The molecule has 4 rings (SSSR count). The molecule has 0 bridgehead atoms. The van der Waals surface area contributed by atoms with E-state index >= 15 is 0 Å². The Hall–Kier alpha value is -2.82. The van der Waals surface area contributed by atoms with Crippen LogP contribution in [-0.2, 0) is 9.59 Å². The standard InChI is InChI=1S/C21H22N2O3/c1-14-6-8-16(9-7-14)23-13-15(12-20(23)24)21(25)22-18-10-11-26-19-5-3-2-4-17(18)19/h2-9,15,18H,10-13H2,1H3,(H,22,25)/t15-,18+/m0/s1. The van der Waals surface area contributed by atoms with Gasteiger partial charge < -0.3 is 15.0 Å². The summed E-state index contributed by atoms with van der Waals surface area (Å²) in [6.07, 6.45) is 0.996. The van der Waals surface area contributed by atoms with Crippen LogP contribution in [0.4, 0.5) is 5.69 Å². The van der Waals surface area contributed by atoms with Crippen LogP contribution in [0.2, 0.25) is 0 Å². The van der Waals surface area contributed by atoms with E-state index in [2.05, 4.69) is 5.32 Å². The van der Waals surface area contributed by atoms with Gasteiger partial charge in [-0.25, -0.2) is 0 Å². The topological polar surface area (TPSA) is 58.6 Å². The van der Waals surface area contributed by atoms with Crippen LogP contribution in [-0.4, -0.2) is 25.0 Å². The fourth-order valence-corrected chi connectivity index (χ4v) is 3.64. The van der Waals surface area contributed by atoms with Crippen molar-refractivity contribution in [2.45, 2.75) is 25.8 Å². The third-order valence-electron chi connectivity index (χ3n) is 5.12. The first-order valence-electron chi connectivity index (χ1n) is 9.01. The molecule has 1 N–H and O–H groups in total. The predicted molar refractivity (Wildman–Crippen MR) is 99.1 cm³/mol. The Balaban J connectivity index is 1.45. The van der Waals surface area contributed by atoms with E-state index in [1.54, 1.807) is 4.90 Å². The highest BCUT2D eigenvalue weighted by molar-refractivity contribution is 6.00. The van der Waals surface area contributed by atoms with E-state index in [9.17, 15) is 9.59 Å². The zero-order valence-corrected chi connectivity index (χ0v) is 14.8. The van der Waals surface area contributed by atoms with Crippen LogP contribution in [0.5, 0.6) is 5.75 Å². The summed E-state index contributed by atoms with van der Waals surface area (Å²) < 4.78 is 5.65. The van der Waals surface area contributed by atoms with Gasteiger partial charge in [-0.15, -0.1) is 0 Å². The number of nitrogens with zero attached hydrogens (tertiary/aromatic N) is 1. The normalized spacial score (nSPS) is 21.9. The first kappa shape index (κ1) is 16.6. The van der Waals surface area contributed by atoms with E-state index in [-0.39, 0.29) is 30.2 Å². The van der Waals surface area contributed by atoms with E-state index in [0.29, 0.717) is 13.2 Å². The van der Waals surface area contributed by atoms with Crippen molar-refractivity contribution in [3.05, 3.63) is 59.7 Å². The summed E-state index contributed by atoms with van der Waals surface area (Å²) in [6.45, 7) is 3.03. The summed E-state index contributed by atoms with van der Waals surface area (Å²) in [5.41, 5.74) is 3.01. The highest BCUT2D eigenvalue weighted by atomic mass is 16.5. The average Bonchev–Trinajstić information content (AvgIpc) is 3.05. The van der Waals surface area contributed by atoms with Gasteiger partial charge in [-0.3, -0.25) is 9.59 Å². The number of ether oxygens (including phenoxy) is 1. The maximum absolute atomic E-state index is 12.8. The Morgan fingerprint density at radius 3 is 2.73 bits per heavy atom. The summed E-state index contributed by atoms with van der Waals surface area (Å²) in [4.78, 5) is 26.9.